The van der Waals surface area contributed by atoms with Crippen molar-refractivity contribution in [2.45, 2.75) is 25.2 Å². The van der Waals surface area contributed by atoms with E-state index >= 15 is 0 Å². The Balaban J connectivity index is 2.21. The predicted octanol–water partition coefficient (Wildman–Crippen LogP) is 1.86. The Hall–Kier alpha value is -1.05. The Labute approximate surface area is 72.2 Å². The number of aryl methyl sites for hydroxylation is 1. The molecule has 0 spiro atoms. The monoisotopic (exact) mass is 163 g/mol. The average Bonchev–Trinajstić information content (AvgIpc) is 2.58. The SMILES string of the molecule is Cn1cccc1C1CCC(=O)C1. The molecule has 1 fully saturated rings. The summed E-state index contributed by atoms with van der Waals surface area (Å²) in [6.45, 7) is 0. The van der Waals surface area contributed by atoms with Crippen LogP contribution in [0, 0.1) is 0 Å². The first kappa shape index (κ1) is 7.59. The molecule has 0 amide bonds. The van der Waals surface area contributed by atoms with Crippen molar-refractivity contribution in [2.24, 2.45) is 7.05 Å². The zero-order valence-electron chi connectivity index (χ0n) is 7.29. The van der Waals surface area contributed by atoms with E-state index in [9.17, 15) is 4.79 Å². The van der Waals surface area contributed by atoms with Gasteiger partial charge in [-0.05, 0) is 18.6 Å². The Kier molecular flexibility index (Phi) is 1.75. The molecule has 1 aromatic heterocycles. The van der Waals surface area contributed by atoms with Crippen LogP contribution in [-0.4, -0.2) is 10.4 Å². The van der Waals surface area contributed by atoms with Crippen molar-refractivity contribution in [1.82, 2.24) is 4.57 Å². The molecule has 0 bridgehead atoms. The first-order valence-electron chi connectivity index (χ1n) is 4.40. The standard InChI is InChI=1S/C10H13NO/c1-11-6-2-3-10(11)8-4-5-9(12)7-8/h2-3,6,8H,4-5,7H2,1H3. The Morgan fingerprint density at radius 3 is 2.92 bits per heavy atom. The number of ketones is 1. The van der Waals surface area contributed by atoms with Gasteiger partial charge in [-0.3, -0.25) is 4.79 Å². The highest BCUT2D eigenvalue weighted by atomic mass is 16.1. The number of carbonyl (C=O) groups is 1. The topological polar surface area (TPSA) is 22.0 Å². The Morgan fingerprint density at radius 1 is 1.58 bits per heavy atom. The Morgan fingerprint density at radius 2 is 2.42 bits per heavy atom. The van der Waals surface area contributed by atoms with Crippen LogP contribution in [0.15, 0.2) is 18.3 Å². The van der Waals surface area contributed by atoms with Gasteiger partial charge in [0.15, 0.2) is 0 Å². The van der Waals surface area contributed by atoms with E-state index in [4.69, 9.17) is 0 Å². The zero-order chi connectivity index (χ0) is 8.55. The molecule has 0 radical (unpaired) electrons. The Bertz CT molecular complexity index is 301. The van der Waals surface area contributed by atoms with E-state index < -0.39 is 0 Å². The van der Waals surface area contributed by atoms with Gasteiger partial charge in [-0.2, -0.15) is 0 Å². The average molecular weight is 163 g/mol. The number of Topliss-reactive ketones (excluding diaryl/α,β-unsaturated/α-hetero) is 1. The maximum absolute atomic E-state index is 11.1. The van der Waals surface area contributed by atoms with Crippen LogP contribution in [0.3, 0.4) is 0 Å². The molecule has 0 aromatic carbocycles. The molecule has 64 valence electrons. The van der Waals surface area contributed by atoms with Gasteiger partial charge in [-0.1, -0.05) is 0 Å². The molecule has 12 heavy (non-hydrogen) atoms. The van der Waals surface area contributed by atoms with Crippen LogP contribution in [0.5, 0.6) is 0 Å². The van der Waals surface area contributed by atoms with Crippen molar-refractivity contribution < 1.29 is 4.79 Å². The molecule has 1 unspecified atom stereocenters. The minimum absolute atomic E-state index is 0.418. The van der Waals surface area contributed by atoms with Gasteiger partial charge in [0, 0.05) is 37.7 Å². The van der Waals surface area contributed by atoms with Gasteiger partial charge in [0.1, 0.15) is 5.78 Å². The van der Waals surface area contributed by atoms with Gasteiger partial charge in [-0.15, -0.1) is 0 Å². The van der Waals surface area contributed by atoms with Crippen LogP contribution in [0.2, 0.25) is 0 Å². The smallest absolute Gasteiger partial charge is 0.133 e. The van der Waals surface area contributed by atoms with E-state index in [0.717, 1.165) is 19.3 Å². The fourth-order valence-electron chi connectivity index (χ4n) is 1.97. The fourth-order valence-corrected chi connectivity index (χ4v) is 1.97. The van der Waals surface area contributed by atoms with Gasteiger partial charge in [0.2, 0.25) is 0 Å². The summed E-state index contributed by atoms with van der Waals surface area (Å²) in [7, 11) is 2.04. The van der Waals surface area contributed by atoms with Crippen LogP contribution in [0.1, 0.15) is 30.9 Å². The van der Waals surface area contributed by atoms with Crippen LogP contribution in [-0.2, 0) is 11.8 Å². The zero-order valence-corrected chi connectivity index (χ0v) is 7.29. The van der Waals surface area contributed by atoms with E-state index in [1.54, 1.807) is 0 Å². The molecule has 1 aromatic rings. The summed E-state index contributed by atoms with van der Waals surface area (Å²) in [4.78, 5) is 11.1. The molecule has 2 rings (SSSR count). The minimum atomic E-state index is 0.418. The molecule has 0 saturated heterocycles. The lowest BCUT2D eigenvalue weighted by Crippen LogP contribution is -2.00. The minimum Gasteiger partial charge on any atom is -0.354 e. The molecule has 1 aliphatic carbocycles. The summed E-state index contributed by atoms with van der Waals surface area (Å²) in [6, 6.07) is 4.15. The third-order valence-corrected chi connectivity index (χ3v) is 2.65. The maximum atomic E-state index is 11.1. The van der Waals surface area contributed by atoms with E-state index in [-0.39, 0.29) is 0 Å². The lowest BCUT2D eigenvalue weighted by molar-refractivity contribution is -0.117. The summed E-state index contributed by atoms with van der Waals surface area (Å²) >= 11 is 0. The van der Waals surface area contributed by atoms with E-state index in [1.807, 2.05) is 19.3 Å². The van der Waals surface area contributed by atoms with E-state index in [2.05, 4.69) is 10.6 Å². The first-order chi connectivity index (χ1) is 5.77. The van der Waals surface area contributed by atoms with Gasteiger partial charge in [-0.25, -0.2) is 0 Å². The number of nitrogens with zero attached hydrogens (tertiary/aromatic N) is 1. The molecule has 1 saturated carbocycles. The number of hydrogen-bond donors (Lipinski definition) is 0. The van der Waals surface area contributed by atoms with Crippen molar-refractivity contribution in [3.05, 3.63) is 24.0 Å². The summed E-state index contributed by atoms with van der Waals surface area (Å²) in [5.41, 5.74) is 1.31. The molecule has 2 heteroatoms. The number of hydrogen-bond acceptors (Lipinski definition) is 1. The number of aromatic nitrogens is 1. The van der Waals surface area contributed by atoms with E-state index in [0.29, 0.717) is 11.7 Å². The lowest BCUT2D eigenvalue weighted by atomic mass is 10.0. The van der Waals surface area contributed by atoms with Gasteiger partial charge < -0.3 is 4.57 Å². The molecule has 0 aliphatic heterocycles. The van der Waals surface area contributed by atoms with Crippen molar-refractivity contribution in [3.8, 4) is 0 Å². The first-order valence-corrected chi connectivity index (χ1v) is 4.40. The van der Waals surface area contributed by atoms with Crippen molar-refractivity contribution >= 4 is 5.78 Å². The van der Waals surface area contributed by atoms with Crippen molar-refractivity contribution in [3.63, 3.8) is 0 Å². The third-order valence-electron chi connectivity index (χ3n) is 2.65. The van der Waals surface area contributed by atoms with Crippen molar-refractivity contribution in [1.29, 1.82) is 0 Å². The summed E-state index contributed by atoms with van der Waals surface area (Å²) in [5.74, 6) is 0.902. The van der Waals surface area contributed by atoms with Crippen LogP contribution >= 0.6 is 0 Å². The van der Waals surface area contributed by atoms with Crippen LogP contribution in [0.4, 0.5) is 0 Å². The highest BCUT2D eigenvalue weighted by Gasteiger charge is 2.24. The quantitative estimate of drug-likeness (QED) is 0.619. The summed E-state index contributed by atoms with van der Waals surface area (Å²) in [5, 5.41) is 0. The highest BCUT2D eigenvalue weighted by Crippen LogP contribution is 2.31. The van der Waals surface area contributed by atoms with Crippen LogP contribution in [0.25, 0.3) is 0 Å². The lowest BCUT2D eigenvalue weighted by Gasteiger charge is -2.08. The maximum Gasteiger partial charge on any atom is 0.133 e. The molecular formula is C10H13NO. The second-order valence-electron chi connectivity index (χ2n) is 3.52. The van der Waals surface area contributed by atoms with Gasteiger partial charge >= 0.3 is 0 Å². The fraction of sp³-hybridized carbons (Fsp3) is 0.500. The normalized spacial score (nSPS) is 23.4. The summed E-state index contributed by atoms with van der Waals surface area (Å²) < 4.78 is 2.11. The largest absolute Gasteiger partial charge is 0.354 e. The second-order valence-corrected chi connectivity index (χ2v) is 3.52. The molecule has 1 atom stereocenters. The third kappa shape index (κ3) is 1.17. The molecule has 1 aliphatic rings. The molecule has 1 heterocycles. The van der Waals surface area contributed by atoms with Crippen LogP contribution < -0.4 is 0 Å². The molecule has 0 N–H and O–H groups in total. The van der Waals surface area contributed by atoms with Gasteiger partial charge in [0.25, 0.3) is 0 Å². The predicted molar refractivity (Wildman–Crippen MR) is 47.0 cm³/mol. The highest BCUT2D eigenvalue weighted by molar-refractivity contribution is 5.81. The number of carbonyl (C=O) groups excluding carboxylic acids is 1. The van der Waals surface area contributed by atoms with E-state index in [1.165, 1.54) is 5.69 Å². The summed E-state index contributed by atoms with van der Waals surface area (Å²) in [6.07, 6.45) is 4.60. The van der Waals surface area contributed by atoms with Crippen molar-refractivity contribution in [2.75, 3.05) is 0 Å². The molecule has 2 nitrogen and oxygen atoms in total. The van der Waals surface area contributed by atoms with Gasteiger partial charge in [0.05, 0.1) is 0 Å². The number of rotatable bonds is 1. The second kappa shape index (κ2) is 2.77. The molecular weight excluding hydrogens is 150 g/mol.